The fourth-order valence-electron chi connectivity index (χ4n) is 2.67. The van der Waals surface area contributed by atoms with E-state index in [-0.39, 0.29) is 18.9 Å². The van der Waals surface area contributed by atoms with Crippen molar-refractivity contribution in [2.24, 2.45) is 0 Å². The first kappa shape index (κ1) is 19.8. The van der Waals surface area contributed by atoms with Gasteiger partial charge in [-0.1, -0.05) is 62.4 Å². The summed E-state index contributed by atoms with van der Waals surface area (Å²) in [6, 6.07) is 17.3. The van der Waals surface area contributed by atoms with Crippen molar-refractivity contribution in [1.82, 2.24) is 9.78 Å². The zero-order chi connectivity index (χ0) is 18.9. The highest BCUT2D eigenvalue weighted by Gasteiger charge is 2.15. The summed E-state index contributed by atoms with van der Waals surface area (Å²) in [6.45, 7) is 6.44. The van der Waals surface area contributed by atoms with E-state index in [9.17, 15) is 9.90 Å². The van der Waals surface area contributed by atoms with E-state index in [4.69, 9.17) is 4.74 Å². The summed E-state index contributed by atoms with van der Waals surface area (Å²) in [5, 5.41) is 15.4. The predicted molar refractivity (Wildman–Crippen MR) is 103 cm³/mol. The van der Waals surface area contributed by atoms with Crippen molar-refractivity contribution >= 4 is 16.7 Å². The molecule has 138 valence electrons. The fourth-order valence-corrected chi connectivity index (χ4v) is 2.67. The van der Waals surface area contributed by atoms with Crippen LogP contribution in [0.15, 0.2) is 54.6 Å². The summed E-state index contributed by atoms with van der Waals surface area (Å²) in [5.74, 6) is -0.0835. The number of ether oxygens (including phenoxy) is 1. The van der Waals surface area contributed by atoms with E-state index < -0.39 is 6.10 Å². The Morgan fingerprint density at radius 1 is 1.12 bits per heavy atom. The molecule has 1 heterocycles. The first-order chi connectivity index (χ1) is 12.6. The number of benzene rings is 2. The van der Waals surface area contributed by atoms with Crippen molar-refractivity contribution in [2.75, 3.05) is 6.61 Å². The van der Waals surface area contributed by atoms with Gasteiger partial charge < -0.3 is 9.84 Å². The molecule has 3 aromatic rings. The van der Waals surface area contributed by atoms with Gasteiger partial charge in [-0.15, -0.1) is 0 Å². The zero-order valence-corrected chi connectivity index (χ0v) is 15.6. The van der Waals surface area contributed by atoms with Gasteiger partial charge in [0.25, 0.3) is 0 Å². The van der Waals surface area contributed by atoms with Gasteiger partial charge in [0, 0.05) is 12.3 Å². The molecule has 0 aliphatic heterocycles. The molecule has 2 aromatic carbocycles. The van der Waals surface area contributed by atoms with Gasteiger partial charge in [-0.05, 0) is 11.6 Å². The van der Waals surface area contributed by atoms with E-state index in [1.54, 1.807) is 4.68 Å². The smallest absolute Gasteiger partial charge is 0.180 e. The number of carbonyl (C=O) groups excluding carboxylic acids is 1. The maximum atomic E-state index is 11.7. The molecule has 1 atom stereocenters. The summed E-state index contributed by atoms with van der Waals surface area (Å²) >= 11 is 0. The van der Waals surface area contributed by atoms with Crippen LogP contribution in [0.3, 0.4) is 0 Å². The number of aliphatic hydroxyl groups excluding tert-OH is 1. The predicted octanol–water partition coefficient (Wildman–Crippen LogP) is 3.84. The molecule has 0 radical (unpaired) electrons. The molecule has 3 rings (SSSR count). The fraction of sp³-hybridized carbons (Fsp3) is 0.333. The van der Waals surface area contributed by atoms with Crippen molar-refractivity contribution in [3.63, 3.8) is 0 Å². The highest BCUT2D eigenvalue weighted by atomic mass is 16.5. The lowest BCUT2D eigenvalue weighted by Gasteiger charge is -2.12. The Balaban J connectivity index is 0.00000117. The van der Waals surface area contributed by atoms with E-state index in [1.165, 1.54) is 6.92 Å². The minimum atomic E-state index is -0.697. The first-order valence-corrected chi connectivity index (χ1v) is 8.91. The molecule has 5 heteroatoms. The number of hydrogen-bond acceptors (Lipinski definition) is 4. The lowest BCUT2D eigenvalue weighted by atomic mass is 10.2. The molecule has 0 fully saturated rings. The summed E-state index contributed by atoms with van der Waals surface area (Å²) < 4.78 is 7.23. The lowest BCUT2D eigenvalue weighted by Crippen LogP contribution is -2.22. The standard InChI is InChI=1S/C19H20N2O3.C2H6/c1-14(22)19-17-9-5-6-10-18(17)21(20-19)11-16(23)13-24-12-15-7-3-2-4-8-15;1-2/h2-10,16,23H,11-13H2,1H3;1-2H3. The zero-order valence-electron chi connectivity index (χ0n) is 15.6. The topological polar surface area (TPSA) is 64.4 Å². The van der Waals surface area contributed by atoms with Crippen LogP contribution >= 0.6 is 0 Å². The third-order valence-corrected chi connectivity index (χ3v) is 3.80. The van der Waals surface area contributed by atoms with Crippen LogP contribution in [0, 0.1) is 0 Å². The summed E-state index contributed by atoms with van der Waals surface area (Å²) in [4.78, 5) is 11.7. The molecule has 0 spiro atoms. The highest BCUT2D eigenvalue weighted by molar-refractivity contribution is 6.04. The van der Waals surface area contributed by atoms with Crippen molar-refractivity contribution < 1.29 is 14.6 Å². The maximum absolute atomic E-state index is 11.7. The van der Waals surface area contributed by atoms with Crippen LogP contribution in [0.1, 0.15) is 36.8 Å². The van der Waals surface area contributed by atoms with E-state index in [0.29, 0.717) is 12.3 Å². The third-order valence-electron chi connectivity index (χ3n) is 3.80. The largest absolute Gasteiger partial charge is 0.389 e. The number of hydrogen-bond donors (Lipinski definition) is 1. The maximum Gasteiger partial charge on any atom is 0.180 e. The van der Waals surface area contributed by atoms with Gasteiger partial charge in [-0.2, -0.15) is 5.10 Å². The monoisotopic (exact) mass is 354 g/mol. The molecule has 1 aromatic heterocycles. The van der Waals surface area contributed by atoms with Gasteiger partial charge in [0.1, 0.15) is 5.69 Å². The van der Waals surface area contributed by atoms with E-state index in [0.717, 1.165) is 16.5 Å². The van der Waals surface area contributed by atoms with Crippen LogP contribution in [0.4, 0.5) is 0 Å². The Hall–Kier alpha value is -2.50. The normalized spacial score (nSPS) is 11.7. The molecule has 26 heavy (non-hydrogen) atoms. The Kier molecular flexibility index (Phi) is 7.51. The Labute approximate surface area is 154 Å². The van der Waals surface area contributed by atoms with E-state index in [2.05, 4.69) is 5.10 Å². The Morgan fingerprint density at radius 3 is 2.46 bits per heavy atom. The van der Waals surface area contributed by atoms with E-state index >= 15 is 0 Å². The number of fused-ring (bicyclic) bond motifs is 1. The molecule has 0 amide bonds. The SMILES string of the molecule is CC.CC(=O)c1nn(CC(O)COCc2ccccc2)c2ccccc12. The minimum absolute atomic E-state index is 0.0835. The Morgan fingerprint density at radius 2 is 1.77 bits per heavy atom. The molecule has 5 nitrogen and oxygen atoms in total. The van der Waals surface area contributed by atoms with E-state index in [1.807, 2.05) is 68.4 Å². The van der Waals surface area contributed by atoms with Crippen LogP contribution < -0.4 is 0 Å². The molecular weight excluding hydrogens is 328 g/mol. The summed E-state index contributed by atoms with van der Waals surface area (Å²) in [6.07, 6.45) is -0.697. The van der Waals surface area contributed by atoms with Gasteiger partial charge in [0.05, 0.1) is 31.4 Å². The molecule has 0 bridgehead atoms. The average Bonchev–Trinajstić information content (AvgIpc) is 3.03. The molecule has 0 saturated heterocycles. The van der Waals surface area contributed by atoms with Gasteiger partial charge in [-0.3, -0.25) is 9.48 Å². The molecule has 0 aliphatic rings. The molecular formula is C21H26N2O3. The number of nitrogens with zero attached hydrogens (tertiary/aromatic N) is 2. The number of Topliss-reactive ketones (excluding diaryl/α,β-unsaturated/α-hetero) is 1. The number of aliphatic hydroxyl groups is 1. The van der Waals surface area contributed by atoms with Crippen LogP contribution in [-0.2, 0) is 17.9 Å². The number of ketones is 1. The van der Waals surface area contributed by atoms with Gasteiger partial charge >= 0.3 is 0 Å². The number of aromatic nitrogens is 2. The molecule has 1 unspecified atom stereocenters. The third kappa shape index (κ3) is 5.00. The highest BCUT2D eigenvalue weighted by Crippen LogP contribution is 2.19. The van der Waals surface area contributed by atoms with Crippen LogP contribution in [0.5, 0.6) is 0 Å². The number of carbonyl (C=O) groups is 1. The van der Waals surface area contributed by atoms with Crippen molar-refractivity contribution in [1.29, 1.82) is 0 Å². The van der Waals surface area contributed by atoms with Crippen molar-refractivity contribution in [2.45, 2.75) is 40.0 Å². The minimum Gasteiger partial charge on any atom is -0.389 e. The van der Waals surface area contributed by atoms with Crippen molar-refractivity contribution in [3.8, 4) is 0 Å². The quantitative estimate of drug-likeness (QED) is 0.655. The van der Waals surface area contributed by atoms with Crippen LogP contribution in [-0.4, -0.2) is 33.4 Å². The second-order valence-corrected chi connectivity index (χ2v) is 5.76. The molecule has 0 saturated carbocycles. The Bertz CT molecular complexity index is 828. The summed E-state index contributed by atoms with van der Waals surface area (Å²) in [5.41, 5.74) is 2.33. The molecule has 0 aliphatic carbocycles. The van der Waals surface area contributed by atoms with Crippen LogP contribution in [0.25, 0.3) is 10.9 Å². The lowest BCUT2D eigenvalue weighted by molar-refractivity contribution is 0.0193. The summed E-state index contributed by atoms with van der Waals surface area (Å²) in [7, 11) is 0. The second-order valence-electron chi connectivity index (χ2n) is 5.76. The van der Waals surface area contributed by atoms with Gasteiger partial charge in [-0.25, -0.2) is 0 Å². The van der Waals surface area contributed by atoms with Gasteiger partial charge in [0.15, 0.2) is 5.78 Å². The first-order valence-electron chi connectivity index (χ1n) is 8.91. The molecule has 1 N–H and O–H groups in total. The second kappa shape index (κ2) is 9.85. The average molecular weight is 354 g/mol. The number of rotatable bonds is 7. The number of para-hydroxylation sites is 1. The van der Waals surface area contributed by atoms with Gasteiger partial charge in [0.2, 0.25) is 0 Å². The van der Waals surface area contributed by atoms with Crippen LogP contribution in [0.2, 0.25) is 0 Å². The van der Waals surface area contributed by atoms with Crippen molar-refractivity contribution in [3.05, 3.63) is 65.9 Å².